The lowest BCUT2D eigenvalue weighted by Crippen LogP contribution is -2.55. The van der Waals surface area contributed by atoms with Crippen molar-refractivity contribution in [2.24, 2.45) is 5.92 Å². The van der Waals surface area contributed by atoms with Crippen LogP contribution >= 0.6 is 0 Å². The number of allylic oxidation sites excluding steroid dienone is 2. The van der Waals surface area contributed by atoms with Crippen molar-refractivity contribution in [2.45, 2.75) is 64.8 Å². The van der Waals surface area contributed by atoms with Gasteiger partial charge in [-0.3, -0.25) is 9.59 Å². The number of carbonyl (C=O) groups excluding carboxylic acids is 2. The maximum absolute atomic E-state index is 13.2. The molecule has 7 heteroatoms. The topological polar surface area (TPSA) is 105 Å². The smallest absolute Gasteiger partial charge is 0.408 e. The highest BCUT2D eigenvalue weighted by Crippen LogP contribution is 2.35. The summed E-state index contributed by atoms with van der Waals surface area (Å²) < 4.78 is 5.27. The van der Waals surface area contributed by atoms with E-state index < -0.39 is 29.7 Å². The van der Waals surface area contributed by atoms with Crippen LogP contribution in [0.2, 0.25) is 0 Å². The number of nitrogens with one attached hydrogen (secondary N) is 2. The van der Waals surface area contributed by atoms with Crippen molar-refractivity contribution in [3.8, 4) is 0 Å². The van der Waals surface area contributed by atoms with E-state index in [0.717, 1.165) is 11.1 Å². The lowest BCUT2D eigenvalue weighted by molar-refractivity contribution is -0.125. The van der Waals surface area contributed by atoms with E-state index in [-0.39, 0.29) is 18.0 Å². The number of carbonyl (C=O) groups is 2. The summed E-state index contributed by atoms with van der Waals surface area (Å²) >= 11 is 0. The SMILES string of the molecule is CCc1c(C2(O)C=CC(C)=C[C@@H]2NC(=O)[C@H](CC(C)C)NC(=O)OCc2ccccc2)c1=O. The normalized spacial score (nSPS) is 21.0. The minimum Gasteiger partial charge on any atom is -0.445 e. The molecule has 3 rings (SSSR count). The molecule has 3 N–H and O–H groups in total. The van der Waals surface area contributed by atoms with Crippen molar-refractivity contribution in [3.05, 3.63) is 81.0 Å². The second-order valence-electron chi connectivity index (χ2n) is 8.98. The Bertz CT molecular complexity index is 1060. The van der Waals surface area contributed by atoms with Crippen LogP contribution in [-0.4, -0.2) is 29.2 Å². The lowest BCUT2D eigenvalue weighted by atomic mass is 9.84. The van der Waals surface area contributed by atoms with Gasteiger partial charge in [0, 0.05) is 11.1 Å². The quantitative estimate of drug-likeness (QED) is 0.543. The summed E-state index contributed by atoms with van der Waals surface area (Å²) in [7, 11) is 0. The van der Waals surface area contributed by atoms with Gasteiger partial charge in [-0.05, 0) is 37.3 Å². The third kappa shape index (κ3) is 5.79. The Morgan fingerprint density at radius 1 is 1.21 bits per heavy atom. The molecule has 0 fully saturated rings. The summed E-state index contributed by atoms with van der Waals surface area (Å²) in [5.41, 5.74) is 0.867. The number of ether oxygens (including phenoxy) is 1. The predicted octanol–water partition coefficient (Wildman–Crippen LogP) is 3.01. The molecular weight excluding hydrogens is 420 g/mol. The molecule has 33 heavy (non-hydrogen) atoms. The molecule has 7 nitrogen and oxygen atoms in total. The van der Waals surface area contributed by atoms with Crippen LogP contribution in [0.4, 0.5) is 4.79 Å². The van der Waals surface area contributed by atoms with E-state index in [1.54, 1.807) is 18.2 Å². The third-order valence-corrected chi connectivity index (χ3v) is 5.82. The molecule has 1 unspecified atom stereocenters. The highest BCUT2D eigenvalue weighted by Gasteiger charge is 2.46. The summed E-state index contributed by atoms with van der Waals surface area (Å²) in [5.74, 6) is -0.327. The molecular formula is C26H32N2O5. The molecule has 0 aliphatic heterocycles. The van der Waals surface area contributed by atoms with Gasteiger partial charge in [0.15, 0.2) is 5.43 Å². The fourth-order valence-corrected chi connectivity index (χ4v) is 4.03. The monoisotopic (exact) mass is 452 g/mol. The number of alkyl carbamates (subject to hydrolysis) is 1. The zero-order chi connectivity index (χ0) is 24.2. The van der Waals surface area contributed by atoms with Crippen LogP contribution in [0.3, 0.4) is 0 Å². The van der Waals surface area contributed by atoms with Gasteiger partial charge in [0.05, 0.1) is 6.04 Å². The van der Waals surface area contributed by atoms with Gasteiger partial charge in [0.25, 0.3) is 0 Å². The Labute approximate surface area is 194 Å². The van der Waals surface area contributed by atoms with Crippen LogP contribution in [-0.2, 0) is 28.2 Å². The molecule has 1 aliphatic carbocycles. The fraction of sp³-hybridized carbons (Fsp3) is 0.423. The van der Waals surface area contributed by atoms with Gasteiger partial charge in [-0.25, -0.2) is 4.79 Å². The number of rotatable bonds is 9. The predicted molar refractivity (Wildman–Crippen MR) is 126 cm³/mol. The Morgan fingerprint density at radius 2 is 1.91 bits per heavy atom. The minimum atomic E-state index is -1.60. The molecule has 0 saturated carbocycles. The molecule has 2 aromatic rings. The number of amides is 2. The number of benzene rings is 1. The van der Waals surface area contributed by atoms with Crippen molar-refractivity contribution in [1.29, 1.82) is 0 Å². The van der Waals surface area contributed by atoms with E-state index in [4.69, 9.17) is 4.74 Å². The van der Waals surface area contributed by atoms with Gasteiger partial charge in [-0.1, -0.05) is 68.8 Å². The summed E-state index contributed by atoms with van der Waals surface area (Å²) in [6, 6.07) is 7.59. The number of aliphatic hydroxyl groups is 1. The van der Waals surface area contributed by atoms with Crippen LogP contribution in [0.5, 0.6) is 0 Å². The first-order valence-corrected chi connectivity index (χ1v) is 11.3. The molecule has 1 aliphatic rings. The van der Waals surface area contributed by atoms with Gasteiger partial charge in [0.2, 0.25) is 5.91 Å². The van der Waals surface area contributed by atoms with Crippen molar-refractivity contribution in [1.82, 2.24) is 10.6 Å². The van der Waals surface area contributed by atoms with Gasteiger partial charge in [0.1, 0.15) is 18.2 Å². The fourth-order valence-electron chi connectivity index (χ4n) is 4.03. The largest absolute Gasteiger partial charge is 0.445 e. The Balaban J connectivity index is 1.71. The van der Waals surface area contributed by atoms with Crippen molar-refractivity contribution in [2.75, 3.05) is 0 Å². The summed E-state index contributed by atoms with van der Waals surface area (Å²) in [5, 5.41) is 16.8. The van der Waals surface area contributed by atoms with Crippen LogP contribution in [0.15, 0.2) is 58.9 Å². The van der Waals surface area contributed by atoms with Crippen molar-refractivity contribution in [3.63, 3.8) is 0 Å². The van der Waals surface area contributed by atoms with E-state index in [2.05, 4.69) is 10.6 Å². The molecule has 0 bridgehead atoms. The van der Waals surface area contributed by atoms with Crippen LogP contribution in [0.1, 0.15) is 50.8 Å². The second kappa shape index (κ2) is 10.2. The maximum atomic E-state index is 13.2. The molecule has 0 heterocycles. The van der Waals surface area contributed by atoms with E-state index in [0.29, 0.717) is 24.0 Å². The average Bonchev–Trinajstić information content (AvgIpc) is 3.45. The second-order valence-corrected chi connectivity index (χ2v) is 8.98. The summed E-state index contributed by atoms with van der Waals surface area (Å²) in [6.07, 6.45) is 5.24. The standard InChI is InChI=1S/C26H32N2O5/c1-5-19-22(23(19)29)26(32)12-11-17(4)14-21(26)28-24(30)20(13-16(2)3)27-25(31)33-15-18-9-7-6-8-10-18/h6-12,14,16,20-21,32H,5,13,15H2,1-4H3,(H,27,31)(H,28,30)/t20-,21-,26?/m0/s1. The van der Waals surface area contributed by atoms with E-state index in [9.17, 15) is 19.5 Å². The van der Waals surface area contributed by atoms with Gasteiger partial charge >= 0.3 is 6.09 Å². The molecule has 176 valence electrons. The van der Waals surface area contributed by atoms with Crippen LogP contribution in [0, 0.1) is 5.92 Å². The summed E-state index contributed by atoms with van der Waals surface area (Å²) in [6.45, 7) is 7.69. The number of hydrogen-bond donors (Lipinski definition) is 3. The zero-order valence-electron chi connectivity index (χ0n) is 19.6. The van der Waals surface area contributed by atoms with Gasteiger partial charge < -0.3 is 20.5 Å². The van der Waals surface area contributed by atoms with Crippen LogP contribution < -0.4 is 16.1 Å². The average molecular weight is 453 g/mol. The molecule has 0 radical (unpaired) electrons. The molecule has 2 amide bonds. The zero-order valence-corrected chi connectivity index (χ0v) is 19.6. The first-order chi connectivity index (χ1) is 15.7. The van der Waals surface area contributed by atoms with E-state index >= 15 is 0 Å². The molecule has 3 atom stereocenters. The minimum absolute atomic E-state index is 0.0911. The first kappa shape index (κ1) is 24.5. The highest BCUT2D eigenvalue weighted by molar-refractivity contribution is 5.86. The molecule has 0 spiro atoms. The van der Waals surface area contributed by atoms with E-state index in [1.165, 1.54) is 0 Å². The Kier molecular flexibility index (Phi) is 7.53. The van der Waals surface area contributed by atoms with Crippen LogP contribution in [0.25, 0.3) is 0 Å². The van der Waals surface area contributed by atoms with Gasteiger partial charge in [-0.15, -0.1) is 0 Å². The highest BCUT2D eigenvalue weighted by atomic mass is 16.5. The van der Waals surface area contributed by atoms with Gasteiger partial charge in [-0.2, -0.15) is 0 Å². The third-order valence-electron chi connectivity index (χ3n) is 5.82. The molecule has 2 aromatic carbocycles. The van der Waals surface area contributed by atoms with E-state index in [1.807, 2.05) is 58.0 Å². The summed E-state index contributed by atoms with van der Waals surface area (Å²) in [4.78, 5) is 37.8. The molecule has 0 saturated heterocycles. The Morgan fingerprint density at radius 3 is 2.52 bits per heavy atom. The first-order valence-electron chi connectivity index (χ1n) is 11.3. The van der Waals surface area contributed by atoms with Crippen molar-refractivity contribution >= 4 is 12.0 Å². The number of hydrogen-bond acceptors (Lipinski definition) is 5. The van der Waals surface area contributed by atoms with Crippen molar-refractivity contribution < 1.29 is 19.4 Å². The Hall–Kier alpha value is -3.19. The molecule has 0 aromatic heterocycles. The maximum Gasteiger partial charge on any atom is 0.408 e. The lowest BCUT2D eigenvalue weighted by Gasteiger charge is -2.34.